The van der Waals surface area contributed by atoms with Crippen molar-refractivity contribution < 1.29 is 17.0 Å². The maximum atomic E-state index is 4.04. The molecular formula is C58H116ClN3. The van der Waals surface area contributed by atoms with Crippen molar-refractivity contribution in [1.82, 2.24) is 9.88 Å². The van der Waals surface area contributed by atoms with Crippen molar-refractivity contribution in [3.05, 3.63) is 18.7 Å². The van der Waals surface area contributed by atoms with E-state index in [1.165, 1.54) is 276 Å². The summed E-state index contributed by atoms with van der Waals surface area (Å²) in [7, 11) is 2.13. The van der Waals surface area contributed by atoms with Crippen LogP contribution in [0.15, 0.2) is 18.7 Å². The fourth-order valence-corrected chi connectivity index (χ4v) is 10.1. The first-order valence-electron chi connectivity index (χ1n) is 28.7. The monoisotopic (exact) mass is 890 g/mol. The number of imidazole rings is 1. The van der Waals surface area contributed by atoms with Gasteiger partial charge in [-0.1, -0.05) is 291 Å². The molecule has 3 nitrogen and oxygen atoms in total. The second-order valence-electron chi connectivity index (χ2n) is 21.3. The van der Waals surface area contributed by atoms with E-state index >= 15 is 0 Å². The van der Waals surface area contributed by atoms with Crippen LogP contribution < -0.4 is 22.3 Å². The molecule has 62 heavy (non-hydrogen) atoms. The zero-order chi connectivity index (χ0) is 44.1. The number of nitrogens with one attached hydrogen (secondary N) is 1. The van der Waals surface area contributed by atoms with Crippen LogP contribution >= 0.6 is 0 Å². The van der Waals surface area contributed by atoms with Crippen molar-refractivity contribution in [2.24, 2.45) is 24.8 Å². The smallest absolute Gasteiger partial charge is 0.243 e. The van der Waals surface area contributed by atoms with Crippen molar-refractivity contribution in [1.29, 1.82) is 0 Å². The Bertz CT molecular complexity index is 940. The highest BCUT2D eigenvalue weighted by atomic mass is 35.5. The number of aromatic nitrogens is 2. The number of unbranched alkanes of at least 4 members (excludes halogenated alkanes) is 31. The van der Waals surface area contributed by atoms with Gasteiger partial charge in [-0.25, -0.2) is 9.13 Å². The lowest BCUT2D eigenvalue weighted by Crippen LogP contribution is -3.00. The van der Waals surface area contributed by atoms with Gasteiger partial charge in [0.2, 0.25) is 6.33 Å². The van der Waals surface area contributed by atoms with E-state index in [9.17, 15) is 0 Å². The molecule has 0 radical (unpaired) electrons. The molecule has 0 aliphatic carbocycles. The predicted molar refractivity (Wildman–Crippen MR) is 275 cm³/mol. The second kappa shape index (κ2) is 48.4. The molecule has 0 saturated carbocycles. The minimum atomic E-state index is 0. The highest BCUT2D eigenvalue weighted by Crippen LogP contribution is 2.26. The Morgan fingerprint density at radius 2 is 0.790 bits per heavy atom. The standard InChI is InChI=1S/C58H116N3.ClH/c1-7-9-11-13-15-17-19-21-23-25-27-29-31-33-35-37-44-57(45-38-36-34-32-30-28-26-24-22-20-18-16-14-12-10-8-2)46-39-40-47-58(49-48-56(5)43-41-42-55(3)4)59-50-51-61-53-52-60(6)54-61;/h52-59H,7-51H2,1-6H3;1H/q+1;/p-1. The lowest BCUT2D eigenvalue weighted by Gasteiger charge is -2.22. The van der Waals surface area contributed by atoms with E-state index in [-0.39, 0.29) is 12.4 Å². The molecule has 1 aromatic rings. The molecule has 4 heteroatoms. The first kappa shape index (κ1) is 61.5. The Kier molecular flexibility index (Phi) is 48.0. The minimum absolute atomic E-state index is 0. The maximum Gasteiger partial charge on any atom is 0.243 e. The summed E-state index contributed by atoms with van der Waals surface area (Å²) in [5.41, 5.74) is 0. The van der Waals surface area contributed by atoms with Crippen molar-refractivity contribution in [2.75, 3.05) is 6.54 Å². The van der Waals surface area contributed by atoms with Crippen LogP contribution in [0.1, 0.15) is 311 Å². The fourth-order valence-electron chi connectivity index (χ4n) is 10.1. The van der Waals surface area contributed by atoms with Gasteiger partial charge in [-0.15, -0.1) is 0 Å². The molecule has 0 fully saturated rings. The summed E-state index contributed by atoms with van der Waals surface area (Å²) in [6, 6.07) is 0.677. The van der Waals surface area contributed by atoms with Crippen LogP contribution in [-0.2, 0) is 13.6 Å². The van der Waals surface area contributed by atoms with Crippen LogP contribution in [-0.4, -0.2) is 17.2 Å². The third-order valence-electron chi connectivity index (χ3n) is 14.5. The lowest BCUT2D eigenvalue weighted by atomic mass is 9.88. The van der Waals surface area contributed by atoms with Crippen molar-refractivity contribution in [2.45, 2.75) is 323 Å². The van der Waals surface area contributed by atoms with Gasteiger partial charge in [-0.3, -0.25) is 0 Å². The van der Waals surface area contributed by atoms with Gasteiger partial charge < -0.3 is 17.7 Å². The molecule has 2 atom stereocenters. The zero-order valence-corrected chi connectivity index (χ0v) is 44.4. The Labute approximate surface area is 398 Å². The first-order valence-corrected chi connectivity index (χ1v) is 28.7. The van der Waals surface area contributed by atoms with Gasteiger partial charge in [0.25, 0.3) is 0 Å². The summed E-state index contributed by atoms with van der Waals surface area (Å²) < 4.78 is 4.49. The van der Waals surface area contributed by atoms with E-state index in [4.69, 9.17) is 0 Å². The summed E-state index contributed by atoms with van der Waals surface area (Å²) in [6.07, 6.45) is 69.3. The van der Waals surface area contributed by atoms with Crippen LogP contribution in [0.3, 0.4) is 0 Å². The molecule has 2 unspecified atom stereocenters. The predicted octanol–water partition coefficient (Wildman–Crippen LogP) is 16.0. The van der Waals surface area contributed by atoms with Crippen LogP contribution in [0.2, 0.25) is 0 Å². The maximum absolute atomic E-state index is 4.04. The normalized spacial score (nSPS) is 12.8. The fraction of sp³-hybridized carbons (Fsp3) is 0.948. The van der Waals surface area contributed by atoms with Gasteiger partial charge in [0.15, 0.2) is 0 Å². The molecule has 1 aromatic heterocycles. The van der Waals surface area contributed by atoms with E-state index in [1.54, 1.807) is 0 Å². The van der Waals surface area contributed by atoms with Crippen LogP contribution in [0.4, 0.5) is 0 Å². The van der Waals surface area contributed by atoms with Crippen LogP contribution in [0.25, 0.3) is 0 Å². The quantitative estimate of drug-likeness (QED) is 0.0511. The summed E-state index contributed by atoms with van der Waals surface area (Å²) in [5, 5.41) is 4.04. The number of halogens is 1. The first-order chi connectivity index (χ1) is 29.9. The van der Waals surface area contributed by atoms with E-state index < -0.39 is 0 Å². The summed E-state index contributed by atoms with van der Waals surface area (Å²) in [5.74, 6) is 2.67. The third-order valence-corrected chi connectivity index (χ3v) is 14.5. The highest BCUT2D eigenvalue weighted by molar-refractivity contribution is 4.71. The average molecular weight is 891 g/mol. The zero-order valence-electron chi connectivity index (χ0n) is 43.6. The number of hydrogen-bond acceptors (Lipinski definition) is 1. The second-order valence-corrected chi connectivity index (χ2v) is 21.3. The molecule has 0 spiro atoms. The number of hydrogen-bond donors (Lipinski definition) is 1. The Morgan fingerprint density at radius 1 is 0.419 bits per heavy atom. The summed E-state index contributed by atoms with van der Waals surface area (Å²) >= 11 is 0. The van der Waals surface area contributed by atoms with Crippen LogP contribution in [0.5, 0.6) is 0 Å². The Morgan fingerprint density at radius 3 is 1.16 bits per heavy atom. The van der Waals surface area contributed by atoms with Gasteiger partial charge >= 0.3 is 0 Å². The molecule has 0 saturated heterocycles. The lowest BCUT2D eigenvalue weighted by molar-refractivity contribution is -0.694. The summed E-state index contributed by atoms with van der Waals surface area (Å²) in [4.78, 5) is 0. The summed E-state index contributed by atoms with van der Waals surface area (Å²) in [6.45, 7) is 14.1. The molecule has 1 heterocycles. The van der Waals surface area contributed by atoms with Gasteiger partial charge in [0, 0.05) is 12.6 Å². The Hall–Kier alpha value is -0.540. The van der Waals surface area contributed by atoms with Gasteiger partial charge in [0.1, 0.15) is 18.9 Å². The number of rotatable bonds is 50. The van der Waals surface area contributed by atoms with Crippen LogP contribution in [0, 0.1) is 17.8 Å². The van der Waals surface area contributed by atoms with E-state index in [2.05, 4.69) is 74.8 Å². The van der Waals surface area contributed by atoms with E-state index in [0.29, 0.717) is 6.04 Å². The van der Waals surface area contributed by atoms with Gasteiger partial charge in [-0.2, -0.15) is 0 Å². The molecule has 0 aromatic carbocycles. The van der Waals surface area contributed by atoms with E-state index in [1.807, 2.05) is 0 Å². The third kappa shape index (κ3) is 43.4. The molecule has 0 amide bonds. The van der Waals surface area contributed by atoms with Crippen molar-refractivity contribution >= 4 is 0 Å². The average Bonchev–Trinajstić information content (AvgIpc) is 3.67. The highest BCUT2D eigenvalue weighted by Gasteiger charge is 2.14. The van der Waals surface area contributed by atoms with Crippen molar-refractivity contribution in [3.8, 4) is 0 Å². The molecule has 1 rings (SSSR count). The minimum Gasteiger partial charge on any atom is -1.00 e. The molecule has 0 aliphatic rings. The SMILES string of the molecule is CCCCCCCCCCCCCCCCCCC(CCCCCCCCCCCCCCCCCC)CCCCC(CCC(C)CCCC(C)C)NCC[n+]1ccn(C)c1.[Cl-]. The largest absolute Gasteiger partial charge is 1.00 e. The molecule has 370 valence electrons. The molecular weight excluding hydrogens is 774 g/mol. The topological polar surface area (TPSA) is 20.8 Å². The van der Waals surface area contributed by atoms with Gasteiger partial charge in [0.05, 0.1) is 7.05 Å². The molecule has 0 aliphatic heterocycles. The molecule has 1 N–H and O–H groups in total. The Balaban J connectivity index is 0.0000372. The van der Waals surface area contributed by atoms with Crippen molar-refractivity contribution in [3.63, 3.8) is 0 Å². The number of nitrogens with zero attached hydrogens (tertiary/aromatic N) is 2. The van der Waals surface area contributed by atoms with E-state index in [0.717, 1.165) is 30.8 Å². The molecule has 0 bridgehead atoms. The number of aryl methyl sites for hydroxylation is 1. The van der Waals surface area contributed by atoms with Gasteiger partial charge in [-0.05, 0) is 37.0 Å².